The van der Waals surface area contributed by atoms with E-state index in [0.717, 1.165) is 6.42 Å². The number of rotatable bonds is 22. The summed E-state index contributed by atoms with van der Waals surface area (Å²) in [4.78, 5) is 117. The molecule has 0 unspecified atom stereocenters. The molecule has 2 aliphatic rings. The lowest BCUT2D eigenvalue weighted by molar-refractivity contribution is -0.149. The first-order chi connectivity index (χ1) is 29.1. The highest BCUT2D eigenvalue weighted by Gasteiger charge is 2.38. The molecule has 21 nitrogen and oxygen atoms in total. The lowest BCUT2D eigenvalue weighted by Crippen LogP contribution is -2.58. The van der Waals surface area contributed by atoms with Gasteiger partial charge >= 0.3 is 5.97 Å². The molecular weight excluding hydrogens is 798 g/mol. The van der Waals surface area contributed by atoms with Gasteiger partial charge in [0.15, 0.2) is 0 Å². The SMILES string of the molecule is NC(=O)CC[C@H](NC(=O)CNC(=O)[C@H](Cc1ccc(O)cc1)NC(=O)[C@@H]1CCCN1)C(=O)N[C@@H](CO)C(=O)NCC(=O)N[C@@H](Cc1ccccc1)C(=O)N1CCC[C@H]1C(=O)O. The predicted molar refractivity (Wildman–Crippen MR) is 215 cm³/mol. The number of phenols is 1. The molecule has 61 heavy (non-hydrogen) atoms. The number of carboxylic acid groups (broad SMARTS) is 1. The predicted octanol–water partition coefficient (Wildman–Crippen LogP) is -3.57. The Labute approximate surface area is 350 Å². The van der Waals surface area contributed by atoms with E-state index in [2.05, 4.69) is 37.2 Å². The number of amides is 8. The van der Waals surface area contributed by atoms with Crippen molar-refractivity contribution in [1.29, 1.82) is 0 Å². The van der Waals surface area contributed by atoms with Gasteiger partial charge in [-0.25, -0.2) is 4.79 Å². The van der Waals surface area contributed by atoms with Gasteiger partial charge in [0.05, 0.1) is 25.7 Å². The Bertz CT molecular complexity index is 1890. The van der Waals surface area contributed by atoms with Crippen molar-refractivity contribution in [2.24, 2.45) is 5.73 Å². The number of aromatic hydroxyl groups is 1. The average Bonchev–Trinajstić information content (AvgIpc) is 3.97. The zero-order valence-electron chi connectivity index (χ0n) is 33.4. The monoisotopic (exact) mass is 851 g/mol. The Morgan fingerprint density at radius 2 is 1.33 bits per heavy atom. The largest absolute Gasteiger partial charge is 0.508 e. The van der Waals surface area contributed by atoms with Gasteiger partial charge in [0, 0.05) is 25.8 Å². The molecule has 12 N–H and O–H groups in total. The first kappa shape index (κ1) is 47.1. The van der Waals surface area contributed by atoms with Crippen LogP contribution in [0.4, 0.5) is 0 Å². The Morgan fingerprint density at radius 1 is 0.721 bits per heavy atom. The number of carbonyl (C=O) groups is 9. The molecule has 0 bridgehead atoms. The minimum Gasteiger partial charge on any atom is -0.508 e. The standard InChI is InChI=1S/C40H53N9O12/c41-32(52)15-14-27(45-33(53)20-43-35(55)28(18-24-10-12-25(51)13-11-24)47-37(57)26-8-4-16-42-26)38(58)48-30(22-50)36(56)44-21-34(54)46-29(19-23-6-2-1-3-7-23)39(59)49-17-5-9-31(49)40(60)61/h1-3,6-7,10-13,26-31,42,50-51H,4-5,8-9,14-22H2,(H2,41,52)(H,43,55)(H,44,56)(H,45,53)(H,46,54)(H,47,57)(H,48,58)(H,60,61)/t26-,27-,28-,29-,30-,31-/m0/s1. The fourth-order valence-electron chi connectivity index (χ4n) is 6.89. The maximum atomic E-state index is 13.5. The highest BCUT2D eigenvalue weighted by molar-refractivity contribution is 5.96. The number of benzene rings is 2. The fourth-order valence-corrected chi connectivity index (χ4v) is 6.89. The second-order valence-electron chi connectivity index (χ2n) is 14.7. The molecule has 2 saturated heterocycles. The van der Waals surface area contributed by atoms with Crippen molar-refractivity contribution >= 4 is 53.2 Å². The van der Waals surface area contributed by atoms with Crippen LogP contribution in [0.3, 0.4) is 0 Å². The summed E-state index contributed by atoms with van der Waals surface area (Å²) in [5.74, 6) is -7.52. The number of aliphatic carboxylic acids is 1. The van der Waals surface area contributed by atoms with Crippen LogP contribution in [0.2, 0.25) is 0 Å². The number of carbonyl (C=O) groups excluding carboxylic acids is 8. The minimum absolute atomic E-state index is 0.000978. The molecule has 2 heterocycles. The van der Waals surface area contributed by atoms with Crippen LogP contribution in [0.25, 0.3) is 0 Å². The van der Waals surface area contributed by atoms with E-state index in [0.29, 0.717) is 30.5 Å². The second-order valence-corrected chi connectivity index (χ2v) is 14.7. The topological polar surface area (TPSA) is 328 Å². The maximum Gasteiger partial charge on any atom is 0.326 e. The van der Waals surface area contributed by atoms with Crippen LogP contribution in [0.1, 0.15) is 49.7 Å². The lowest BCUT2D eigenvalue weighted by atomic mass is 10.0. The van der Waals surface area contributed by atoms with E-state index in [1.807, 2.05) is 0 Å². The number of nitrogens with zero attached hydrogens (tertiary/aromatic N) is 1. The average molecular weight is 852 g/mol. The molecule has 0 spiro atoms. The van der Waals surface area contributed by atoms with Crippen LogP contribution in [-0.2, 0) is 56.0 Å². The number of primary amides is 1. The van der Waals surface area contributed by atoms with Crippen molar-refractivity contribution in [2.45, 2.75) is 87.6 Å². The Hall–Kier alpha value is -6.61. The van der Waals surface area contributed by atoms with Gasteiger partial charge in [-0.3, -0.25) is 38.4 Å². The zero-order chi connectivity index (χ0) is 44.5. The summed E-state index contributed by atoms with van der Waals surface area (Å²) in [6, 6.07) is 7.63. The molecule has 2 aliphatic heterocycles. The second kappa shape index (κ2) is 23.3. The van der Waals surface area contributed by atoms with E-state index in [1.54, 1.807) is 42.5 Å². The highest BCUT2D eigenvalue weighted by Crippen LogP contribution is 2.20. The molecule has 0 radical (unpaired) electrons. The number of carboxylic acids is 1. The lowest BCUT2D eigenvalue weighted by Gasteiger charge is -2.27. The number of hydrogen-bond acceptors (Lipinski definition) is 12. The Balaban J connectivity index is 1.34. The van der Waals surface area contributed by atoms with E-state index in [9.17, 15) is 58.5 Å². The summed E-state index contributed by atoms with van der Waals surface area (Å²) >= 11 is 0. The summed E-state index contributed by atoms with van der Waals surface area (Å²) < 4.78 is 0. The van der Waals surface area contributed by atoms with E-state index in [1.165, 1.54) is 17.0 Å². The van der Waals surface area contributed by atoms with E-state index < -0.39 is 109 Å². The molecule has 330 valence electrons. The molecule has 6 atom stereocenters. The van der Waals surface area contributed by atoms with Gasteiger partial charge in [0.2, 0.25) is 47.3 Å². The third-order valence-electron chi connectivity index (χ3n) is 10.1. The summed E-state index contributed by atoms with van der Waals surface area (Å²) in [6.45, 7) is -1.53. The molecule has 0 saturated carbocycles. The molecule has 8 amide bonds. The molecule has 0 aliphatic carbocycles. The van der Waals surface area contributed by atoms with Crippen molar-refractivity contribution in [3.8, 4) is 5.75 Å². The number of likely N-dealkylation sites (tertiary alicyclic amines) is 1. The smallest absolute Gasteiger partial charge is 0.326 e. The number of phenolic OH excluding ortho intramolecular Hbond substituents is 1. The van der Waals surface area contributed by atoms with Crippen molar-refractivity contribution in [1.82, 2.24) is 42.1 Å². The first-order valence-electron chi connectivity index (χ1n) is 19.9. The molecule has 2 fully saturated rings. The Morgan fingerprint density at radius 3 is 1.92 bits per heavy atom. The van der Waals surface area contributed by atoms with Crippen molar-refractivity contribution < 1.29 is 58.5 Å². The number of aliphatic hydroxyl groups excluding tert-OH is 1. The van der Waals surface area contributed by atoms with Gasteiger partial charge in [-0.1, -0.05) is 42.5 Å². The molecule has 0 aromatic heterocycles. The number of nitrogens with two attached hydrogens (primary N) is 1. The highest BCUT2D eigenvalue weighted by atomic mass is 16.4. The molecule has 21 heteroatoms. The van der Waals surface area contributed by atoms with Gasteiger partial charge in [-0.2, -0.15) is 0 Å². The molecule has 2 aromatic carbocycles. The summed E-state index contributed by atoms with van der Waals surface area (Å²) in [7, 11) is 0. The summed E-state index contributed by atoms with van der Waals surface area (Å²) in [5.41, 5.74) is 6.55. The number of hydrogen-bond donors (Lipinski definition) is 11. The van der Waals surface area contributed by atoms with Crippen LogP contribution in [0, 0.1) is 0 Å². The molecular formula is C40H53N9O12. The normalized spacial score (nSPS) is 17.8. The van der Waals surface area contributed by atoms with Crippen molar-refractivity contribution in [3.05, 3.63) is 65.7 Å². The fraction of sp³-hybridized carbons (Fsp3) is 0.475. The Kier molecular flexibility index (Phi) is 17.9. The van der Waals surface area contributed by atoms with Crippen LogP contribution in [0.15, 0.2) is 54.6 Å². The van der Waals surface area contributed by atoms with Gasteiger partial charge < -0.3 is 63.2 Å². The third-order valence-corrected chi connectivity index (χ3v) is 10.1. The minimum atomic E-state index is -1.66. The first-order valence-corrected chi connectivity index (χ1v) is 19.9. The van der Waals surface area contributed by atoms with E-state index in [-0.39, 0.29) is 44.4 Å². The van der Waals surface area contributed by atoms with Crippen LogP contribution in [0.5, 0.6) is 5.75 Å². The van der Waals surface area contributed by atoms with E-state index in [4.69, 9.17) is 5.73 Å². The van der Waals surface area contributed by atoms with Gasteiger partial charge in [0.25, 0.3) is 0 Å². The molecule has 2 aromatic rings. The molecule has 4 rings (SSSR count). The zero-order valence-corrected chi connectivity index (χ0v) is 33.4. The maximum absolute atomic E-state index is 13.5. The van der Waals surface area contributed by atoms with Crippen molar-refractivity contribution in [3.63, 3.8) is 0 Å². The van der Waals surface area contributed by atoms with Crippen LogP contribution in [-0.4, -0.2) is 142 Å². The van der Waals surface area contributed by atoms with E-state index >= 15 is 0 Å². The summed E-state index contributed by atoms with van der Waals surface area (Å²) in [5, 5.41) is 46.8. The summed E-state index contributed by atoms with van der Waals surface area (Å²) in [6.07, 6.45) is 1.37. The van der Waals surface area contributed by atoms with Gasteiger partial charge in [0.1, 0.15) is 36.0 Å². The number of aliphatic hydroxyl groups is 1. The van der Waals surface area contributed by atoms with Gasteiger partial charge in [-0.15, -0.1) is 0 Å². The quantitative estimate of drug-likeness (QED) is 0.0547. The van der Waals surface area contributed by atoms with Crippen LogP contribution >= 0.6 is 0 Å². The van der Waals surface area contributed by atoms with Crippen LogP contribution < -0.4 is 43.0 Å². The number of nitrogens with one attached hydrogen (secondary N) is 7. The van der Waals surface area contributed by atoms with Gasteiger partial charge in [-0.05, 0) is 61.9 Å². The third kappa shape index (κ3) is 14.9. The van der Waals surface area contributed by atoms with Crippen molar-refractivity contribution in [2.75, 3.05) is 32.8 Å².